The van der Waals surface area contributed by atoms with E-state index in [9.17, 15) is 13.2 Å². The third-order valence-corrected chi connectivity index (χ3v) is 5.75. The van der Waals surface area contributed by atoms with Crippen LogP contribution in [0.3, 0.4) is 0 Å². The number of piperazine rings is 1. The molecule has 2 heterocycles. The van der Waals surface area contributed by atoms with Crippen molar-refractivity contribution in [3.8, 4) is 0 Å². The Labute approximate surface area is 129 Å². The lowest BCUT2D eigenvalue weighted by Crippen LogP contribution is -2.51. The number of halogens is 1. The molecule has 8 heteroatoms. The summed E-state index contributed by atoms with van der Waals surface area (Å²) in [6.45, 7) is 3.22. The number of carbonyl (C=O) groups excluding carboxylic acids is 1. The first kappa shape index (κ1) is 16.2. The summed E-state index contributed by atoms with van der Waals surface area (Å²) in [4.78, 5) is 17.8. The Morgan fingerprint density at radius 3 is 2.57 bits per heavy atom. The zero-order chi connectivity index (χ0) is 15.5. The van der Waals surface area contributed by atoms with Gasteiger partial charge in [0.05, 0.1) is 11.3 Å². The van der Waals surface area contributed by atoms with E-state index in [4.69, 9.17) is 11.6 Å². The summed E-state index contributed by atoms with van der Waals surface area (Å²) in [5.41, 5.74) is 0.351. The Balaban J connectivity index is 2.02. The zero-order valence-corrected chi connectivity index (χ0v) is 13.4. The molecule has 21 heavy (non-hydrogen) atoms. The molecule has 0 atom stereocenters. The van der Waals surface area contributed by atoms with Crippen molar-refractivity contribution >= 4 is 27.5 Å². The predicted octanol–water partition coefficient (Wildman–Crippen LogP) is 1.23. The average molecular weight is 332 g/mol. The summed E-state index contributed by atoms with van der Waals surface area (Å²) in [6, 6.07) is 3.28. The van der Waals surface area contributed by atoms with Gasteiger partial charge in [-0.2, -0.15) is 4.31 Å². The van der Waals surface area contributed by atoms with Crippen LogP contribution in [-0.4, -0.2) is 60.4 Å². The first-order chi connectivity index (χ1) is 9.95. The highest BCUT2D eigenvalue weighted by atomic mass is 35.5. The number of rotatable bonds is 4. The van der Waals surface area contributed by atoms with E-state index in [-0.39, 0.29) is 16.8 Å². The molecule has 116 valence electrons. The third kappa shape index (κ3) is 3.72. The largest absolute Gasteiger partial charge is 0.336 e. The minimum atomic E-state index is -3.20. The Hall–Kier alpha value is -1.18. The van der Waals surface area contributed by atoms with Crippen molar-refractivity contribution < 1.29 is 13.2 Å². The fourth-order valence-electron chi connectivity index (χ4n) is 2.27. The van der Waals surface area contributed by atoms with E-state index < -0.39 is 10.0 Å². The van der Waals surface area contributed by atoms with Gasteiger partial charge in [0.1, 0.15) is 5.15 Å². The van der Waals surface area contributed by atoms with Crippen LogP contribution >= 0.6 is 11.6 Å². The molecule has 1 saturated heterocycles. The van der Waals surface area contributed by atoms with Crippen LogP contribution in [-0.2, 0) is 10.0 Å². The highest BCUT2D eigenvalue weighted by Crippen LogP contribution is 2.16. The van der Waals surface area contributed by atoms with Crippen LogP contribution in [0.25, 0.3) is 0 Å². The molecule has 0 radical (unpaired) electrons. The number of hydrogen-bond donors (Lipinski definition) is 0. The molecule has 1 fully saturated rings. The van der Waals surface area contributed by atoms with Gasteiger partial charge in [-0.25, -0.2) is 13.4 Å². The summed E-state index contributed by atoms with van der Waals surface area (Å²) in [7, 11) is -3.20. The Bertz CT molecular complexity index is 613. The molecule has 1 aliphatic rings. The third-order valence-electron chi connectivity index (χ3n) is 3.37. The van der Waals surface area contributed by atoms with Crippen molar-refractivity contribution in [2.75, 3.05) is 31.9 Å². The molecule has 0 N–H and O–H groups in total. The van der Waals surface area contributed by atoms with Crippen molar-refractivity contribution in [1.82, 2.24) is 14.2 Å². The second kappa shape index (κ2) is 6.72. The molecule has 0 spiro atoms. The summed E-state index contributed by atoms with van der Waals surface area (Å²) >= 11 is 5.92. The average Bonchev–Trinajstić information content (AvgIpc) is 2.47. The van der Waals surface area contributed by atoms with Crippen molar-refractivity contribution in [3.63, 3.8) is 0 Å². The number of aromatic nitrogens is 1. The SMILES string of the molecule is CCCS(=O)(=O)N1CCN(C(=O)c2cccnc2Cl)CC1. The Morgan fingerprint density at radius 2 is 2.00 bits per heavy atom. The van der Waals surface area contributed by atoms with E-state index >= 15 is 0 Å². The summed E-state index contributed by atoms with van der Waals surface area (Å²) in [5, 5.41) is 0.170. The van der Waals surface area contributed by atoms with E-state index in [1.165, 1.54) is 10.5 Å². The highest BCUT2D eigenvalue weighted by molar-refractivity contribution is 7.89. The van der Waals surface area contributed by atoms with E-state index in [1.54, 1.807) is 17.0 Å². The van der Waals surface area contributed by atoms with E-state index in [2.05, 4.69) is 4.98 Å². The van der Waals surface area contributed by atoms with Crippen LogP contribution in [0.5, 0.6) is 0 Å². The second-order valence-electron chi connectivity index (χ2n) is 4.85. The first-order valence-corrected chi connectivity index (χ1v) is 8.82. The first-order valence-electron chi connectivity index (χ1n) is 6.83. The van der Waals surface area contributed by atoms with Gasteiger partial charge in [-0.1, -0.05) is 18.5 Å². The molecule has 0 unspecified atom stereocenters. The van der Waals surface area contributed by atoms with Gasteiger partial charge in [0.2, 0.25) is 10.0 Å². The lowest BCUT2D eigenvalue weighted by atomic mass is 10.2. The lowest BCUT2D eigenvalue weighted by molar-refractivity contribution is 0.0697. The molecule has 6 nitrogen and oxygen atoms in total. The molecule has 1 aromatic heterocycles. The minimum absolute atomic E-state index is 0.148. The number of nitrogens with zero attached hydrogens (tertiary/aromatic N) is 3. The molecule has 1 amide bonds. The van der Waals surface area contributed by atoms with E-state index in [0.29, 0.717) is 38.2 Å². The zero-order valence-electron chi connectivity index (χ0n) is 11.8. The molecule has 2 rings (SSSR count). The number of amides is 1. The summed E-state index contributed by atoms with van der Waals surface area (Å²) < 4.78 is 25.4. The molecular weight excluding hydrogens is 314 g/mol. The maximum atomic E-state index is 12.3. The van der Waals surface area contributed by atoms with Crippen LogP contribution < -0.4 is 0 Å². The topological polar surface area (TPSA) is 70.6 Å². The van der Waals surface area contributed by atoms with E-state index in [0.717, 1.165) is 0 Å². The normalized spacial score (nSPS) is 17.0. The van der Waals surface area contributed by atoms with E-state index in [1.807, 2.05) is 6.92 Å². The van der Waals surface area contributed by atoms with Crippen LogP contribution in [0.1, 0.15) is 23.7 Å². The number of sulfonamides is 1. The molecule has 0 bridgehead atoms. The monoisotopic (exact) mass is 331 g/mol. The fraction of sp³-hybridized carbons (Fsp3) is 0.538. The number of pyridine rings is 1. The standard InChI is InChI=1S/C13H18ClN3O3S/c1-2-10-21(19,20)17-8-6-16(7-9-17)13(18)11-4-3-5-15-12(11)14/h3-5H,2,6-10H2,1H3. The van der Waals surface area contributed by atoms with Crippen LogP contribution in [0.4, 0.5) is 0 Å². The van der Waals surface area contributed by atoms with Gasteiger partial charge < -0.3 is 4.90 Å². The van der Waals surface area contributed by atoms with Crippen LogP contribution in [0.15, 0.2) is 18.3 Å². The molecule has 1 aliphatic heterocycles. The second-order valence-corrected chi connectivity index (χ2v) is 7.30. The van der Waals surface area contributed by atoms with Gasteiger partial charge >= 0.3 is 0 Å². The summed E-state index contributed by atoms with van der Waals surface area (Å²) in [5.74, 6) is -0.0595. The van der Waals surface area contributed by atoms with Gasteiger partial charge in [0.25, 0.3) is 5.91 Å². The van der Waals surface area contributed by atoms with Gasteiger partial charge in [0, 0.05) is 32.4 Å². The quantitative estimate of drug-likeness (QED) is 0.778. The number of hydrogen-bond acceptors (Lipinski definition) is 4. The lowest BCUT2D eigenvalue weighted by Gasteiger charge is -2.34. The predicted molar refractivity (Wildman–Crippen MR) is 80.8 cm³/mol. The maximum Gasteiger partial charge on any atom is 0.257 e. The molecule has 1 aromatic rings. The molecular formula is C13H18ClN3O3S. The molecule has 0 saturated carbocycles. The smallest absolute Gasteiger partial charge is 0.257 e. The van der Waals surface area contributed by atoms with Crippen molar-refractivity contribution in [2.45, 2.75) is 13.3 Å². The van der Waals surface area contributed by atoms with Crippen LogP contribution in [0.2, 0.25) is 5.15 Å². The Kier molecular flexibility index (Phi) is 5.18. The van der Waals surface area contributed by atoms with Gasteiger partial charge in [-0.15, -0.1) is 0 Å². The molecule has 0 aliphatic carbocycles. The van der Waals surface area contributed by atoms with Gasteiger partial charge in [-0.05, 0) is 18.6 Å². The summed E-state index contributed by atoms with van der Waals surface area (Å²) in [6.07, 6.45) is 2.11. The fourth-order valence-corrected chi connectivity index (χ4v) is 3.97. The minimum Gasteiger partial charge on any atom is -0.336 e. The molecule has 0 aromatic carbocycles. The van der Waals surface area contributed by atoms with Gasteiger partial charge in [-0.3, -0.25) is 4.79 Å². The van der Waals surface area contributed by atoms with Crippen molar-refractivity contribution in [3.05, 3.63) is 29.0 Å². The van der Waals surface area contributed by atoms with Crippen molar-refractivity contribution in [1.29, 1.82) is 0 Å². The highest BCUT2D eigenvalue weighted by Gasteiger charge is 2.29. The maximum absolute atomic E-state index is 12.3. The number of carbonyl (C=O) groups is 1. The van der Waals surface area contributed by atoms with Crippen molar-refractivity contribution in [2.24, 2.45) is 0 Å². The van der Waals surface area contributed by atoms with Crippen LogP contribution in [0, 0.1) is 0 Å². The Morgan fingerprint density at radius 1 is 1.33 bits per heavy atom. The van der Waals surface area contributed by atoms with Gasteiger partial charge in [0.15, 0.2) is 0 Å².